The molecule has 3 aliphatic heterocycles. The van der Waals surface area contributed by atoms with Crippen LogP contribution in [0.2, 0.25) is 0 Å². The SMILES string of the molecule is CC(C)[C@@H]1NCC(F)(F)CCCCCc2cccc3c2CN(C3)C(=O)O[C@@H]2C[C@@H](C(=O)O)N(C2)C1=O. The number of carbonyl (C=O) groups is 3. The number of alkyl halides is 2. The number of carboxylic acids is 1. The highest BCUT2D eigenvalue weighted by atomic mass is 19.3. The maximum Gasteiger partial charge on any atom is 0.410 e. The molecule has 4 bridgehead atoms. The number of aliphatic carboxylic acids is 1. The first-order chi connectivity index (χ1) is 17.1. The average Bonchev–Trinajstić information content (AvgIpc) is 3.43. The number of rotatable bonds is 2. The lowest BCUT2D eigenvalue weighted by Crippen LogP contribution is -2.54. The number of hydrogen-bond acceptors (Lipinski definition) is 5. The summed E-state index contributed by atoms with van der Waals surface area (Å²) in [4.78, 5) is 41.0. The average molecular weight is 508 g/mol. The van der Waals surface area contributed by atoms with Crippen molar-refractivity contribution in [3.8, 4) is 0 Å². The highest BCUT2D eigenvalue weighted by Gasteiger charge is 2.45. The van der Waals surface area contributed by atoms with E-state index in [2.05, 4.69) is 5.32 Å². The van der Waals surface area contributed by atoms with Gasteiger partial charge in [0.2, 0.25) is 5.91 Å². The van der Waals surface area contributed by atoms with Crippen molar-refractivity contribution >= 4 is 18.0 Å². The second-order valence-electron chi connectivity index (χ2n) is 10.5. The van der Waals surface area contributed by atoms with E-state index in [4.69, 9.17) is 4.74 Å². The van der Waals surface area contributed by atoms with Gasteiger partial charge in [0.1, 0.15) is 12.1 Å². The van der Waals surface area contributed by atoms with Crippen molar-refractivity contribution in [1.82, 2.24) is 15.1 Å². The first-order valence-corrected chi connectivity index (χ1v) is 12.8. The van der Waals surface area contributed by atoms with Crippen molar-refractivity contribution in [3.63, 3.8) is 0 Å². The van der Waals surface area contributed by atoms with Crippen LogP contribution in [0.5, 0.6) is 0 Å². The third kappa shape index (κ3) is 5.79. The quantitative estimate of drug-likeness (QED) is 0.635. The lowest BCUT2D eigenvalue weighted by molar-refractivity contribution is -0.149. The number of carbonyl (C=O) groups excluding carboxylic acids is 2. The molecule has 1 fully saturated rings. The maximum absolute atomic E-state index is 14.6. The van der Waals surface area contributed by atoms with E-state index in [1.54, 1.807) is 18.7 Å². The molecule has 0 unspecified atom stereocenters. The zero-order valence-corrected chi connectivity index (χ0v) is 20.8. The summed E-state index contributed by atoms with van der Waals surface area (Å²) in [7, 11) is 0. The van der Waals surface area contributed by atoms with Crippen molar-refractivity contribution in [3.05, 3.63) is 34.9 Å². The third-order valence-electron chi connectivity index (χ3n) is 7.44. The van der Waals surface area contributed by atoms with Crippen LogP contribution in [0.1, 0.15) is 62.6 Å². The number of nitrogens with zero attached hydrogens (tertiary/aromatic N) is 2. The van der Waals surface area contributed by atoms with Crippen LogP contribution in [0.3, 0.4) is 0 Å². The second-order valence-corrected chi connectivity index (χ2v) is 10.5. The van der Waals surface area contributed by atoms with Crippen molar-refractivity contribution in [2.75, 3.05) is 13.1 Å². The molecule has 1 saturated heterocycles. The molecule has 10 heteroatoms. The Labute approximate surface area is 210 Å². The molecule has 1 aromatic rings. The molecule has 8 nitrogen and oxygen atoms in total. The van der Waals surface area contributed by atoms with Crippen molar-refractivity contribution < 1.29 is 33.0 Å². The number of nitrogens with one attached hydrogen (secondary N) is 1. The summed E-state index contributed by atoms with van der Waals surface area (Å²) in [5.41, 5.74) is 3.20. The zero-order valence-electron chi connectivity index (χ0n) is 20.8. The molecule has 4 rings (SSSR count). The Morgan fingerprint density at radius 2 is 1.92 bits per heavy atom. The number of halogens is 2. The summed E-state index contributed by atoms with van der Waals surface area (Å²) >= 11 is 0. The molecule has 198 valence electrons. The molecular formula is C26H35F2N3O5. The Kier molecular flexibility index (Phi) is 7.82. The van der Waals surface area contributed by atoms with Gasteiger partial charge in [-0.2, -0.15) is 0 Å². The fourth-order valence-electron chi connectivity index (χ4n) is 5.44. The number of ether oxygens (including phenoxy) is 1. The number of fused-ring (bicyclic) bond motifs is 3. The lowest BCUT2D eigenvalue weighted by atomic mass is 9.98. The topological polar surface area (TPSA) is 99.2 Å². The van der Waals surface area contributed by atoms with Crippen LogP contribution in [0.25, 0.3) is 0 Å². The lowest BCUT2D eigenvalue weighted by Gasteiger charge is -2.30. The van der Waals surface area contributed by atoms with Gasteiger partial charge in [-0.15, -0.1) is 0 Å². The molecule has 0 spiro atoms. The van der Waals surface area contributed by atoms with Gasteiger partial charge in [0.15, 0.2) is 0 Å². The normalized spacial score (nSPS) is 27.4. The number of hydrogen-bond donors (Lipinski definition) is 2. The second kappa shape index (κ2) is 10.7. The van der Waals surface area contributed by atoms with Crippen LogP contribution < -0.4 is 5.32 Å². The van der Waals surface area contributed by atoms with Crippen LogP contribution in [-0.4, -0.2) is 70.1 Å². The van der Waals surface area contributed by atoms with Gasteiger partial charge in [-0.25, -0.2) is 18.4 Å². The largest absolute Gasteiger partial charge is 0.480 e. The first kappa shape index (κ1) is 26.3. The van der Waals surface area contributed by atoms with E-state index in [9.17, 15) is 28.3 Å². The summed E-state index contributed by atoms with van der Waals surface area (Å²) in [6, 6.07) is 3.76. The monoisotopic (exact) mass is 507 g/mol. The molecule has 0 aliphatic carbocycles. The molecule has 0 saturated carbocycles. The van der Waals surface area contributed by atoms with Crippen molar-refractivity contribution in [2.45, 2.75) is 89.6 Å². The molecule has 2 amide bonds. The van der Waals surface area contributed by atoms with Crippen LogP contribution in [0, 0.1) is 5.92 Å². The summed E-state index contributed by atoms with van der Waals surface area (Å²) in [5, 5.41) is 12.4. The van der Waals surface area contributed by atoms with Crippen LogP contribution in [0.4, 0.5) is 13.6 Å². The molecule has 0 aromatic heterocycles. The molecule has 2 N–H and O–H groups in total. The highest BCUT2D eigenvalue weighted by Crippen LogP contribution is 2.30. The number of amides is 2. The minimum Gasteiger partial charge on any atom is -0.480 e. The maximum atomic E-state index is 14.6. The van der Waals surface area contributed by atoms with Crippen molar-refractivity contribution in [2.24, 2.45) is 5.92 Å². The number of carboxylic acid groups (broad SMARTS) is 1. The van der Waals surface area contributed by atoms with E-state index in [0.717, 1.165) is 34.4 Å². The Morgan fingerprint density at radius 3 is 2.64 bits per heavy atom. The Balaban J connectivity index is 1.58. The third-order valence-corrected chi connectivity index (χ3v) is 7.44. The Morgan fingerprint density at radius 1 is 1.17 bits per heavy atom. The predicted octanol–water partition coefficient (Wildman–Crippen LogP) is 3.56. The van der Waals surface area contributed by atoms with Gasteiger partial charge in [0, 0.05) is 25.9 Å². The number of aryl methyl sites for hydroxylation is 1. The Hall–Kier alpha value is -2.75. The van der Waals surface area contributed by atoms with Crippen LogP contribution >= 0.6 is 0 Å². The Bertz CT molecular complexity index is 1000. The van der Waals surface area contributed by atoms with E-state index in [1.807, 2.05) is 18.2 Å². The van der Waals surface area contributed by atoms with E-state index in [0.29, 0.717) is 25.9 Å². The fourth-order valence-corrected chi connectivity index (χ4v) is 5.44. The van der Waals surface area contributed by atoms with E-state index < -0.39 is 48.6 Å². The summed E-state index contributed by atoms with van der Waals surface area (Å²) in [6.07, 6.45) is 0.859. The van der Waals surface area contributed by atoms with Crippen LogP contribution in [0.15, 0.2) is 18.2 Å². The van der Waals surface area contributed by atoms with Gasteiger partial charge in [0.25, 0.3) is 5.92 Å². The first-order valence-electron chi connectivity index (χ1n) is 12.8. The summed E-state index contributed by atoms with van der Waals surface area (Å²) in [5.74, 6) is -5.10. The minimum atomic E-state index is -2.99. The van der Waals surface area contributed by atoms with Gasteiger partial charge >= 0.3 is 12.1 Å². The van der Waals surface area contributed by atoms with Crippen molar-refractivity contribution in [1.29, 1.82) is 0 Å². The van der Waals surface area contributed by atoms with E-state index in [-0.39, 0.29) is 25.3 Å². The molecule has 3 heterocycles. The molecular weight excluding hydrogens is 472 g/mol. The highest BCUT2D eigenvalue weighted by molar-refractivity contribution is 5.88. The van der Waals surface area contributed by atoms with Gasteiger partial charge in [-0.1, -0.05) is 38.5 Å². The van der Waals surface area contributed by atoms with E-state index >= 15 is 0 Å². The molecule has 0 radical (unpaired) electrons. The minimum absolute atomic E-state index is 0.0418. The van der Waals surface area contributed by atoms with Gasteiger partial charge in [0.05, 0.1) is 19.1 Å². The molecule has 36 heavy (non-hydrogen) atoms. The van der Waals surface area contributed by atoms with Crippen LogP contribution in [-0.2, 0) is 33.8 Å². The smallest absolute Gasteiger partial charge is 0.410 e. The zero-order chi connectivity index (χ0) is 26.0. The fraction of sp³-hybridized carbons (Fsp3) is 0.654. The van der Waals surface area contributed by atoms with E-state index in [1.165, 1.54) is 0 Å². The molecule has 1 aromatic carbocycles. The molecule has 3 aliphatic rings. The van der Waals surface area contributed by atoms with Gasteiger partial charge in [-0.05, 0) is 41.9 Å². The van der Waals surface area contributed by atoms with Gasteiger partial charge in [-0.3, -0.25) is 15.0 Å². The van der Waals surface area contributed by atoms with Gasteiger partial charge < -0.3 is 14.7 Å². The summed E-state index contributed by atoms with van der Waals surface area (Å²) < 4.78 is 34.9. The summed E-state index contributed by atoms with van der Waals surface area (Å²) in [6.45, 7) is 3.49. The standard InChI is InChI=1S/C26H35F2N3O5/c1-16(2)22-23(32)31-13-19(11-21(31)24(33)34)36-25(35)30-12-18-9-6-8-17(20(18)14-30)7-4-3-5-10-26(27,28)15-29-22/h6,8-9,16,19,21-22,29H,3-5,7,10-15H2,1-2H3,(H,33,34)/t19-,21+,22+/m1/s1. The predicted molar refractivity (Wildman–Crippen MR) is 127 cm³/mol. The number of benzene rings is 1. The molecule has 3 atom stereocenters.